The zero-order valence-corrected chi connectivity index (χ0v) is 11.3. The number of rotatable bonds is 7. The van der Waals surface area contributed by atoms with Gasteiger partial charge in [-0.3, -0.25) is 9.59 Å². The van der Waals surface area contributed by atoms with Crippen LogP contribution in [0.4, 0.5) is 0 Å². The van der Waals surface area contributed by atoms with Crippen LogP contribution >= 0.6 is 0 Å². The average Bonchev–Trinajstić information content (AvgIpc) is 2.84. The molecule has 2 atom stereocenters. The molecule has 0 saturated heterocycles. The molecule has 1 aliphatic rings. The highest BCUT2D eigenvalue weighted by Gasteiger charge is 2.32. The third-order valence-corrected chi connectivity index (χ3v) is 3.64. The topological polar surface area (TPSA) is 93.4 Å². The van der Waals surface area contributed by atoms with Crippen LogP contribution in [0.2, 0.25) is 0 Å². The van der Waals surface area contributed by atoms with Crippen molar-refractivity contribution in [2.45, 2.75) is 25.7 Å². The van der Waals surface area contributed by atoms with Gasteiger partial charge >= 0.3 is 5.97 Å². The highest BCUT2D eigenvalue weighted by atomic mass is 16.4. The van der Waals surface area contributed by atoms with Gasteiger partial charge in [-0.2, -0.15) is 5.26 Å². The Hall–Kier alpha value is -1.61. The molecule has 1 fully saturated rings. The molecule has 6 nitrogen and oxygen atoms in total. The molecule has 0 radical (unpaired) electrons. The zero-order chi connectivity index (χ0) is 14.3. The number of nitriles is 1. The van der Waals surface area contributed by atoms with Gasteiger partial charge in [0.15, 0.2) is 0 Å². The molecule has 2 N–H and O–H groups in total. The summed E-state index contributed by atoms with van der Waals surface area (Å²) in [6, 6.07) is 1.99. The zero-order valence-electron chi connectivity index (χ0n) is 11.3. The van der Waals surface area contributed by atoms with Crippen LogP contribution in [-0.2, 0) is 9.59 Å². The molecule has 1 rings (SSSR count). The van der Waals surface area contributed by atoms with Crippen LogP contribution in [0.15, 0.2) is 0 Å². The summed E-state index contributed by atoms with van der Waals surface area (Å²) in [7, 11) is 1.66. The van der Waals surface area contributed by atoms with Crippen molar-refractivity contribution in [3.8, 4) is 6.07 Å². The van der Waals surface area contributed by atoms with Gasteiger partial charge in [-0.1, -0.05) is 6.42 Å². The number of amides is 1. The van der Waals surface area contributed by atoms with Gasteiger partial charge in [-0.25, -0.2) is 0 Å². The Morgan fingerprint density at radius 1 is 1.47 bits per heavy atom. The first-order valence-electron chi connectivity index (χ1n) is 6.60. The molecule has 0 bridgehead atoms. The van der Waals surface area contributed by atoms with Crippen molar-refractivity contribution in [2.75, 3.05) is 26.7 Å². The quantitative estimate of drug-likeness (QED) is 0.698. The Morgan fingerprint density at radius 2 is 2.21 bits per heavy atom. The summed E-state index contributed by atoms with van der Waals surface area (Å²) < 4.78 is 0. The number of nitrogens with zero attached hydrogens (tertiary/aromatic N) is 2. The molecular weight excluding hydrogens is 246 g/mol. The van der Waals surface area contributed by atoms with Gasteiger partial charge < -0.3 is 15.3 Å². The first-order valence-corrected chi connectivity index (χ1v) is 6.60. The van der Waals surface area contributed by atoms with Crippen molar-refractivity contribution in [3.05, 3.63) is 0 Å². The molecule has 0 heterocycles. The highest BCUT2D eigenvalue weighted by molar-refractivity contribution is 5.78. The molecule has 106 valence electrons. The van der Waals surface area contributed by atoms with Crippen molar-refractivity contribution < 1.29 is 14.7 Å². The smallest absolute Gasteiger partial charge is 0.306 e. The molecule has 1 saturated carbocycles. The van der Waals surface area contributed by atoms with Crippen LogP contribution in [0.1, 0.15) is 25.7 Å². The molecule has 2 unspecified atom stereocenters. The van der Waals surface area contributed by atoms with E-state index in [1.165, 1.54) is 4.90 Å². The minimum atomic E-state index is -0.734. The second-order valence-corrected chi connectivity index (χ2v) is 4.99. The van der Waals surface area contributed by atoms with Crippen LogP contribution in [0.5, 0.6) is 0 Å². The van der Waals surface area contributed by atoms with Crippen molar-refractivity contribution in [2.24, 2.45) is 11.8 Å². The van der Waals surface area contributed by atoms with Gasteiger partial charge in [0.1, 0.15) is 0 Å². The number of carbonyl (C=O) groups is 2. The number of aliphatic carboxylic acids is 1. The molecule has 0 aromatic carbocycles. The van der Waals surface area contributed by atoms with Crippen LogP contribution < -0.4 is 5.32 Å². The maximum atomic E-state index is 11.7. The fourth-order valence-corrected chi connectivity index (χ4v) is 2.45. The van der Waals surface area contributed by atoms with Crippen LogP contribution in [0, 0.1) is 23.2 Å². The Balaban J connectivity index is 2.24. The van der Waals surface area contributed by atoms with Gasteiger partial charge in [0.25, 0.3) is 0 Å². The maximum Gasteiger partial charge on any atom is 0.306 e. The number of likely N-dealkylation sites (N-methyl/N-ethyl adjacent to an activating group) is 1. The van der Waals surface area contributed by atoms with Crippen molar-refractivity contribution in [1.29, 1.82) is 5.26 Å². The lowest BCUT2D eigenvalue weighted by atomic mass is 9.96. The number of carbonyl (C=O) groups excluding carboxylic acids is 1. The lowest BCUT2D eigenvalue weighted by molar-refractivity contribution is -0.142. The van der Waals surface area contributed by atoms with Gasteiger partial charge in [0, 0.05) is 13.6 Å². The molecule has 1 amide bonds. The molecule has 1 aliphatic carbocycles. The Morgan fingerprint density at radius 3 is 2.84 bits per heavy atom. The molecule has 0 aromatic heterocycles. The van der Waals surface area contributed by atoms with Crippen LogP contribution in [-0.4, -0.2) is 48.6 Å². The molecule has 0 aromatic rings. The number of carboxylic acid groups (broad SMARTS) is 1. The Kier molecular flexibility index (Phi) is 6.30. The van der Waals surface area contributed by atoms with Crippen molar-refractivity contribution in [3.63, 3.8) is 0 Å². The van der Waals surface area contributed by atoms with Crippen LogP contribution in [0.3, 0.4) is 0 Å². The van der Waals surface area contributed by atoms with E-state index < -0.39 is 5.97 Å². The van der Waals surface area contributed by atoms with E-state index in [-0.39, 0.29) is 24.3 Å². The van der Waals surface area contributed by atoms with E-state index in [0.29, 0.717) is 19.5 Å². The first kappa shape index (κ1) is 15.4. The summed E-state index contributed by atoms with van der Waals surface area (Å²) in [5.41, 5.74) is 0. The summed E-state index contributed by atoms with van der Waals surface area (Å²) in [6.45, 7) is 1.19. The highest BCUT2D eigenvalue weighted by Crippen LogP contribution is 2.31. The molecule has 0 spiro atoms. The van der Waals surface area contributed by atoms with E-state index in [9.17, 15) is 9.59 Å². The van der Waals surface area contributed by atoms with Crippen molar-refractivity contribution in [1.82, 2.24) is 10.2 Å². The fourth-order valence-electron chi connectivity index (χ4n) is 2.45. The number of nitrogens with one attached hydrogen (secondary N) is 1. The maximum absolute atomic E-state index is 11.7. The van der Waals surface area contributed by atoms with Gasteiger partial charge in [0.05, 0.1) is 25.0 Å². The third-order valence-electron chi connectivity index (χ3n) is 3.64. The number of hydrogen-bond donors (Lipinski definition) is 2. The summed E-state index contributed by atoms with van der Waals surface area (Å²) in [5, 5.41) is 20.5. The predicted molar refractivity (Wildman–Crippen MR) is 69.2 cm³/mol. The molecule has 19 heavy (non-hydrogen) atoms. The SMILES string of the molecule is CN(CCC#N)C(=O)CNCC1CCCC1C(=O)O. The fraction of sp³-hybridized carbons (Fsp3) is 0.769. The summed E-state index contributed by atoms with van der Waals surface area (Å²) in [6.07, 6.45) is 2.91. The summed E-state index contributed by atoms with van der Waals surface area (Å²) >= 11 is 0. The summed E-state index contributed by atoms with van der Waals surface area (Å²) in [5.74, 6) is -0.962. The second kappa shape index (κ2) is 7.74. The predicted octanol–water partition coefficient (Wildman–Crippen LogP) is 0.449. The van der Waals surface area contributed by atoms with E-state index in [0.717, 1.165) is 19.3 Å². The van der Waals surface area contributed by atoms with E-state index in [2.05, 4.69) is 5.32 Å². The lowest BCUT2D eigenvalue weighted by Crippen LogP contribution is -2.38. The standard InChI is InChI=1S/C13H21N3O3/c1-16(7-3-6-14)12(17)9-15-8-10-4-2-5-11(10)13(18)19/h10-11,15H,2-5,7-9H2,1H3,(H,18,19). The third kappa shape index (κ3) is 4.87. The molecule has 0 aliphatic heterocycles. The number of hydrogen-bond acceptors (Lipinski definition) is 4. The van der Waals surface area contributed by atoms with Crippen molar-refractivity contribution >= 4 is 11.9 Å². The van der Waals surface area contributed by atoms with E-state index >= 15 is 0 Å². The van der Waals surface area contributed by atoms with E-state index in [1.54, 1.807) is 7.05 Å². The largest absolute Gasteiger partial charge is 0.481 e. The monoisotopic (exact) mass is 267 g/mol. The second-order valence-electron chi connectivity index (χ2n) is 4.99. The first-order chi connectivity index (χ1) is 9.06. The Labute approximate surface area is 113 Å². The minimum Gasteiger partial charge on any atom is -0.481 e. The summed E-state index contributed by atoms with van der Waals surface area (Å²) in [4.78, 5) is 24.2. The lowest BCUT2D eigenvalue weighted by Gasteiger charge is -2.19. The average molecular weight is 267 g/mol. The molecular formula is C13H21N3O3. The van der Waals surface area contributed by atoms with Gasteiger partial charge in [0.2, 0.25) is 5.91 Å². The van der Waals surface area contributed by atoms with E-state index in [4.69, 9.17) is 10.4 Å². The number of carboxylic acids is 1. The van der Waals surface area contributed by atoms with E-state index in [1.807, 2.05) is 6.07 Å². The normalized spacial score (nSPS) is 21.9. The van der Waals surface area contributed by atoms with Crippen LogP contribution in [0.25, 0.3) is 0 Å². The van der Waals surface area contributed by atoms with Gasteiger partial charge in [-0.05, 0) is 25.3 Å². The minimum absolute atomic E-state index is 0.0693. The van der Waals surface area contributed by atoms with Gasteiger partial charge in [-0.15, -0.1) is 0 Å². The molecule has 6 heteroatoms. The Bertz CT molecular complexity index is 365.